The van der Waals surface area contributed by atoms with E-state index in [0.29, 0.717) is 16.7 Å². The lowest BCUT2D eigenvalue weighted by atomic mass is 9.94. The molecule has 0 aromatic heterocycles. The zero-order valence-electron chi connectivity index (χ0n) is 11.9. The Morgan fingerprint density at radius 2 is 2.30 bits per heavy atom. The molecule has 0 bridgehead atoms. The molecule has 0 spiro atoms. The third-order valence-corrected chi connectivity index (χ3v) is 4.27. The van der Waals surface area contributed by atoms with Crippen molar-refractivity contribution in [3.63, 3.8) is 0 Å². The van der Waals surface area contributed by atoms with Crippen LogP contribution in [0.3, 0.4) is 0 Å². The lowest BCUT2D eigenvalue weighted by Crippen LogP contribution is -2.35. The van der Waals surface area contributed by atoms with Gasteiger partial charge in [0.2, 0.25) is 0 Å². The van der Waals surface area contributed by atoms with Gasteiger partial charge in [-0.25, -0.2) is 0 Å². The molecular weight excluding hydrogens is 276 g/mol. The maximum atomic E-state index is 9.70. The first-order valence-electron chi connectivity index (χ1n) is 7.11. The van der Waals surface area contributed by atoms with E-state index in [1.807, 2.05) is 6.07 Å². The number of hydrogen-bond donors (Lipinski definition) is 2. The van der Waals surface area contributed by atoms with Gasteiger partial charge in [-0.15, -0.1) is 0 Å². The van der Waals surface area contributed by atoms with E-state index in [9.17, 15) is 5.11 Å². The number of piperidine rings is 1. The fourth-order valence-electron chi connectivity index (χ4n) is 2.88. The van der Waals surface area contributed by atoms with E-state index in [1.165, 1.54) is 12.8 Å². The van der Waals surface area contributed by atoms with Crippen LogP contribution < -0.4 is 10.5 Å². The molecule has 3 N–H and O–H groups in total. The molecule has 20 heavy (non-hydrogen) atoms. The number of benzene rings is 1. The Labute approximate surface area is 125 Å². The normalized spacial score (nSPS) is 20.1. The van der Waals surface area contributed by atoms with Crippen LogP contribution in [-0.4, -0.2) is 36.8 Å². The van der Waals surface area contributed by atoms with Gasteiger partial charge < -0.3 is 15.6 Å². The summed E-state index contributed by atoms with van der Waals surface area (Å²) in [4.78, 5) is 2.40. The van der Waals surface area contributed by atoms with Gasteiger partial charge in [0.25, 0.3) is 0 Å². The molecule has 1 fully saturated rings. The van der Waals surface area contributed by atoms with Crippen LogP contribution in [0.25, 0.3) is 0 Å². The number of ether oxygens (including phenoxy) is 1. The number of phenols is 1. The smallest absolute Gasteiger partial charge is 0.160 e. The van der Waals surface area contributed by atoms with E-state index in [4.69, 9.17) is 22.1 Å². The van der Waals surface area contributed by atoms with E-state index in [-0.39, 0.29) is 5.75 Å². The van der Waals surface area contributed by atoms with Crippen LogP contribution in [0.4, 0.5) is 0 Å². The summed E-state index contributed by atoms with van der Waals surface area (Å²) in [6.07, 6.45) is 3.56. The zero-order chi connectivity index (χ0) is 14.5. The molecule has 0 aliphatic carbocycles. The summed E-state index contributed by atoms with van der Waals surface area (Å²) in [6, 6.07) is 3.38. The van der Waals surface area contributed by atoms with Gasteiger partial charge in [-0.3, -0.25) is 4.90 Å². The number of likely N-dealkylation sites (tertiary alicyclic amines) is 1. The number of nitrogens with two attached hydrogens (primary N) is 1. The molecule has 0 saturated carbocycles. The van der Waals surface area contributed by atoms with Gasteiger partial charge in [0.15, 0.2) is 11.5 Å². The molecule has 2 rings (SSSR count). The summed E-state index contributed by atoms with van der Waals surface area (Å²) in [5.74, 6) is 1.24. The summed E-state index contributed by atoms with van der Waals surface area (Å²) in [6.45, 7) is 3.69. The minimum absolute atomic E-state index is 0.0842. The van der Waals surface area contributed by atoms with Crippen LogP contribution in [0.15, 0.2) is 12.1 Å². The van der Waals surface area contributed by atoms with Crippen LogP contribution in [0, 0.1) is 5.92 Å². The summed E-state index contributed by atoms with van der Waals surface area (Å²) in [5, 5.41) is 10.3. The lowest BCUT2D eigenvalue weighted by molar-refractivity contribution is 0.163. The molecule has 0 amide bonds. The Morgan fingerprint density at radius 3 is 3.00 bits per heavy atom. The van der Waals surface area contributed by atoms with Crippen molar-refractivity contribution in [3.05, 3.63) is 22.7 Å². The monoisotopic (exact) mass is 298 g/mol. The van der Waals surface area contributed by atoms with Crippen LogP contribution in [-0.2, 0) is 6.54 Å². The first-order chi connectivity index (χ1) is 9.63. The van der Waals surface area contributed by atoms with E-state index in [0.717, 1.165) is 38.2 Å². The number of phenolic OH excluding ortho intramolecular Hbond substituents is 1. The highest BCUT2D eigenvalue weighted by Gasteiger charge is 2.20. The average molecular weight is 299 g/mol. The second kappa shape index (κ2) is 7.16. The van der Waals surface area contributed by atoms with Gasteiger partial charge in [0.05, 0.1) is 7.11 Å². The van der Waals surface area contributed by atoms with Gasteiger partial charge in [0, 0.05) is 24.2 Å². The van der Waals surface area contributed by atoms with Crippen molar-refractivity contribution in [2.45, 2.75) is 25.8 Å². The summed E-state index contributed by atoms with van der Waals surface area (Å²) >= 11 is 6.21. The third kappa shape index (κ3) is 3.78. The molecule has 1 saturated heterocycles. The zero-order valence-corrected chi connectivity index (χ0v) is 12.7. The molecule has 4 nitrogen and oxygen atoms in total. The van der Waals surface area contributed by atoms with E-state index >= 15 is 0 Å². The topological polar surface area (TPSA) is 58.7 Å². The van der Waals surface area contributed by atoms with Crippen molar-refractivity contribution >= 4 is 11.6 Å². The first kappa shape index (κ1) is 15.4. The quantitative estimate of drug-likeness (QED) is 0.877. The Hall–Kier alpha value is -0.970. The molecule has 1 aromatic carbocycles. The number of nitrogens with zero attached hydrogens (tertiary/aromatic N) is 1. The minimum Gasteiger partial charge on any atom is -0.504 e. The van der Waals surface area contributed by atoms with Crippen LogP contribution in [0.1, 0.15) is 24.8 Å². The Balaban J connectivity index is 2.05. The molecule has 1 aromatic rings. The molecular formula is C15H23ClN2O2. The van der Waals surface area contributed by atoms with Gasteiger partial charge in [-0.05, 0) is 49.9 Å². The highest BCUT2D eigenvalue weighted by atomic mass is 35.5. The van der Waals surface area contributed by atoms with Crippen LogP contribution in [0.5, 0.6) is 11.5 Å². The second-order valence-electron chi connectivity index (χ2n) is 5.44. The second-order valence-corrected chi connectivity index (χ2v) is 5.84. The van der Waals surface area contributed by atoms with Gasteiger partial charge in [0.1, 0.15) is 0 Å². The lowest BCUT2D eigenvalue weighted by Gasteiger charge is -2.32. The number of aromatic hydroxyl groups is 1. The van der Waals surface area contributed by atoms with Gasteiger partial charge in [-0.2, -0.15) is 0 Å². The van der Waals surface area contributed by atoms with Gasteiger partial charge in [-0.1, -0.05) is 11.6 Å². The molecule has 1 heterocycles. The molecule has 0 unspecified atom stereocenters. The number of halogens is 1. The molecule has 1 aliphatic heterocycles. The van der Waals surface area contributed by atoms with Gasteiger partial charge >= 0.3 is 0 Å². The molecule has 1 atom stereocenters. The van der Waals surface area contributed by atoms with Crippen molar-refractivity contribution < 1.29 is 9.84 Å². The molecule has 112 valence electrons. The summed E-state index contributed by atoms with van der Waals surface area (Å²) < 4.78 is 5.15. The first-order valence-corrected chi connectivity index (χ1v) is 7.49. The number of rotatable bonds is 5. The van der Waals surface area contributed by atoms with E-state index in [1.54, 1.807) is 13.2 Å². The predicted molar refractivity (Wildman–Crippen MR) is 81.3 cm³/mol. The van der Waals surface area contributed by atoms with Crippen LogP contribution in [0.2, 0.25) is 5.02 Å². The Morgan fingerprint density at radius 1 is 1.50 bits per heavy atom. The Kier molecular flexibility index (Phi) is 5.52. The predicted octanol–water partition coefficient (Wildman–Crippen LogP) is 2.62. The van der Waals surface area contributed by atoms with E-state index < -0.39 is 0 Å². The molecule has 1 aliphatic rings. The maximum absolute atomic E-state index is 9.70. The fourth-order valence-corrected chi connectivity index (χ4v) is 3.09. The van der Waals surface area contributed by atoms with Crippen molar-refractivity contribution in [1.29, 1.82) is 0 Å². The average Bonchev–Trinajstić information content (AvgIpc) is 2.43. The summed E-state index contributed by atoms with van der Waals surface area (Å²) in [5.41, 5.74) is 6.65. The van der Waals surface area contributed by atoms with Crippen LogP contribution >= 0.6 is 11.6 Å². The highest BCUT2D eigenvalue weighted by Crippen LogP contribution is 2.33. The van der Waals surface area contributed by atoms with Crippen molar-refractivity contribution in [2.24, 2.45) is 11.7 Å². The number of methoxy groups -OCH3 is 1. The third-order valence-electron chi connectivity index (χ3n) is 3.92. The summed E-state index contributed by atoms with van der Waals surface area (Å²) in [7, 11) is 1.55. The molecule has 0 radical (unpaired) electrons. The number of hydrogen-bond acceptors (Lipinski definition) is 4. The standard InChI is InChI=1S/C15H23ClN2O2/c1-20-15-7-12(13(16)8-14(15)19)10-18-6-2-3-11(9-18)4-5-17/h7-8,11,19H,2-6,9-10,17H2,1H3/t11-/m0/s1. The highest BCUT2D eigenvalue weighted by molar-refractivity contribution is 6.31. The van der Waals surface area contributed by atoms with Crippen molar-refractivity contribution in [2.75, 3.05) is 26.7 Å². The SMILES string of the molecule is COc1cc(CN2CCC[C@@H](CCN)C2)c(Cl)cc1O. The van der Waals surface area contributed by atoms with Crippen molar-refractivity contribution in [3.8, 4) is 11.5 Å². The maximum Gasteiger partial charge on any atom is 0.160 e. The minimum atomic E-state index is 0.0842. The molecule has 5 heteroatoms. The Bertz CT molecular complexity index is 452. The fraction of sp³-hybridized carbons (Fsp3) is 0.600. The van der Waals surface area contributed by atoms with Crippen molar-refractivity contribution in [1.82, 2.24) is 4.90 Å². The largest absolute Gasteiger partial charge is 0.504 e. The van der Waals surface area contributed by atoms with E-state index in [2.05, 4.69) is 4.90 Å².